The van der Waals surface area contributed by atoms with E-state index in [-0.39, 0.29) is 5.78 Å². The van der Waals surface area contributed by atoms with Gasteiger partial charge >= 0.3 is 0 Å². The van der Waals surface area contributed by atoms with E-state index in [1.807, 2.05) is 33.0 Å². The standard InChI is InChI=1S/C18H17ClN4O/c1-4-16(24)15-5-10(2)13(9-21-15)12-6-11-8-22-17(19)7-14(11)23-18(12)20-3/h5-9H,4H2,1-3H3,(H,20,23). The molecule has 0 aliphatic carbocycles. The Labute approximate surface area is 145 Å². The monoisotopic (exact) mass is 340 g/mol. The summed E-state index contributed by atoms with van der Waals surface area (Å²) in [6.07, 6.45) is 3.87. The van der Waals surface area contributed by atoms with Crippen molar-refractivity contribution >= 4 is 34.1 Å². The number of rotatable bonds is 4. The van der Waals surface area contributed by atoms with Crippen molar-refractivity contribution in [3.8, 4) is 11.1 Å². The third-order valence-corrected chi connectivity index (χ3v) is 4.12. The molecule has 3 rings (SSSR count). The molecule has 0 aromatic carbocycles. The number of Topliss-reactive ketones (excluding diaryl/α,β-unsaturated/α-hetero) is 1. The Balaban J connectivity index is 2.18. The maximum atomic E-state index is 11.8. The fourth-order valence-electron chi connectivity index (χ4n) is 2.61. The maximum Gasteiger partial charge on any atom is 0.180 e. The van der Waals surface area contributed by atoms with Gasteiger partial charge in [0.05, 0.1) is 5.52 Å². The van der Waals surface area contributed by atoms with E-state index < -0.39 is 0 Å². The minimum absolute atomic E-state index is 0.0361. The number of hydrogen-bond donors (Lipinski definition) is 1. The molecule has 0 aliphatic heterocycles. The summed E-state index contributed by atoms with van der Waals surface area (Å²) in [4.78, 5) is 24.9. The first kappa shape index (κ1) is 16.3. The number of ketones is 1. The van der Waals surface area contributed by atoms with Crippen LogP contribution in [0.2, 0.25) is 5.15 Å². The molecule has 0 radical (unpaired) electrons. The third-order valence-electron chi connectivity index (χ3n) is 3.91. The largest absolute Gasteiger partial charge is 0.373 e. The number of nitrogens with zero attached hydrogens (tertiary/aromatic N) is 3. The van der Waals surface area contributed by atoms with E-state index in [9.17, 15) is 4.79 Å². The van der Waals surface area contributed by atoms with Gasteiger partial charge in [0.2, 0.25) is 0 Å². The number of pyridine rings is 3. The van der Waals surface area contributed by atoms with Gasteiger partial charge in [0.1, 0.15) is 16.7 Å². The second-order valence-electron chi connectivity index (χ2n) is 5.50. The Morgan fingerprint density at radius 2 is 1.96 bits per heavy atom. The summed E-state index contributed by atoms with van der Waals surface area (Å²) >= 11 is 5.94. The van der Waals surface area contributed by atoms with Crippen LogP contribution in [0, 0.1) is 6.92 Å². The van der Waals surface area contributed by atoms with Crippen molar-refractivity contribution in [1.82, 2.24) is 15.0 Å². The fourth-order valence-corrected chi connectivity index (χ4v) is 2.76. The molecule has 0 spiro atoms. The van der Waals surface area contributed by atoms with Crippen molar-refractivity contribution < 1.29 is 4.79 Å². The molecular weight excluding hydrogens is 324 g/mol. The van der Waals surface area contributed by atoms with E-state index in [4.69, 9.17) is 11.6 Å². The molecule has 122 valence electrons. The summed E-state index contributed by atoms with van der Waals surface area (Å²) in [6, 6.07) is 5.56. The molecule has 3 heterocycles. The van der Waals surface area contributed by atoms with Crippen LogP contribution in [0.25, 0.3) is 22.0 Å². The zero-order chi connectivity index (χ0) is 17.3. The van der Waals surface area contributed by atoms with E-state index in [1.54, 1.807) is 18.5 Å². The molecule has 0 amide bonds. The summed E-state index contributed by atoms with van der Waals surface area (Å²) < 4.78 is 0. The molecule has 0 saturated heterocycles. The van der Waals surface area contributed by atoms with Crippen molar-refractivity contribution in [3.63, 3.8) is 0 Å². The number of hydrogen-bond acceptors (Lipinski definition) is 5. The fraction of sp³-hybridized carbons (Fsp3) is 0.222. The minimum atomic E-state index is 0.0361. The van der Waals surface area contributed by atoms with Gasteiger partial charge < -0.3 is 5.32 Å². The van der Waals surface area contributed by atoms with Crippen LogP contribution in [-0.4, -0.2) is 27.8 Å². The molecule has 0 saturated carbocycles. The van der Waals surface area contributed by atoms with Gasteiger partial charge in [0.25, 0.3) is 0 Å². The van der Waals surface area contributed by atoms with Crippen molar-refractivity contribution in [2.75, 3.05) is 12.4 Å². The maximum absolute atomic E-state index is 11.8. The summed E-state index contributed by atoms with van der Waals surface area (Å²) in [7, 11) is 1.82. The number of halogens is 1. The molecule has 24 heavy (non-hydrogen) atoms. The van der Waals surface area contributed by atoms with E-state index in [2.05, 4.69) is 20.3 Å². The van der Waals surface area contributed by atoms with Gasteiger partial charge in [0, 0.05) is 48.4 Å². The lowest BCUT2D eigenvalue weighted by Crippen LogP contribution is -2.03. The summed E-state index contributed by atoms with van der Waals surface area (Å²) in [6.45, 7) is 3.80. The lowest BCUT2D eigenvalue weighted by atomic mass is 10.0. The van der Waals surface area contributed by atoms with Crippen LogP contribution in [0.15, 0.2) is 30.6 Å². The van der Waals surface area contributed by atoms with Gasteiger partial charge in [-0.05, 0) is 24.6 Å². The molecule has 6 heteroatoms. The molecule has 0 aliphatic rings. The van der Waals surface area contributed by atoms with Crippen LogP contribution in [0.4, 0.5) is 5.82 Å². The number of anilines is 1. The highest BCUT2D eigenvalue weighted by Crippen LogP contribution is 2.32. The Morgan fingerprint density at radius 1 is 1.17 bits per heavy atom. The van der Waals surface area contributed by atoms with E-state index in [0.29, 0.717) is 17.3 Å². The van der Waals surface area contributed by atoms with Gasteiger partial charge in [-0.1, -0.05) is 18.5 Å². The zero-order valence-electron chi connectivity index (χ0n) is 13.7. The number of carbonyl (C=O) groups excluding carboxylic acids is 1. The lowest BCUT2D eigenvalue weighted by molar-refractivity contribution is 0.0983. The van der Waals surface area contributed by atoms with Gasteiger partial charge in [-0.15, -0.1) is 0 Å². The van der Waals surface area contributed by atoms with Crippen LogP contribution in [-0.2, 0) is 0 Å². The SMILES string of the molecule is CCC(=O)c1cc(C)c(-c2cc3cnc(Cl)cc3nc2NC)cn1. The topological polar surface area (TPSA) is 67.8 Å². The Morgan fingerprint density at radius 3 is 2.62 bits per heavy atom. The highest BCUT2D eigenvalue weighted by Gasteiger charge is 2.14. The Hall–Kier alpha value is -2.53. The van der Waals surface area contributed by atoms with Gasteiger partial charge in [-0.25, -0.2) is 9.97 Å². The highest BCUT2D eigenvalue weighted by atomic mass is 35.5. The molecule has 1 N–H and O–H groups in total. The molecule has 0 unspecified atom stereocenters. The first-order valence-electron chi connectivity index (χ1n) is 7.67. The predicted octanol–water partition coefficient (Wildman–Crippen LogP) is 4.29. The van der Waals surface area contributed by atoms with Crippen molar-refractivity contribution in [1.29, 1.82) is 0 Å². The summed E-state index contributed by atoms with van der Waals surface area (Å²) in [5.41, 5.74) is 4.07. The van der Waals surface area contributed by atoms with Crippen LogP contribution in [0.5, 0.6) is 0 Å². The zero-order valence-corrected chi connectivity index (χ0v) is 14.5. The van der Waals surface area contributed by atoms with Crippen LogP contribution in [0.1, 0.15) is 29.4 Å². The third kappa shape index (κ3) is 2.95. The number of aromatic nitrogens is 3. The second kappa shape index (κ2) is 6.53. The van der Waals surface area contributed by atoms with Gasteiger partial charge in [-0.2, -0.15) is 0 Å². The number of nitrogens with one attached hydrogen (secondary N) is 1. The molecule has 0 fully saturated rings. The molecule has 5 nitrogen and oxygen atoms in total. The van der Waals surface area contributed by atoms with Crippen LogP contribution in [0.3, 0.4) is 0 Å². The van der Waals surface area contributed by atoms with Crippen molar-refractivity contribution in [3.05, 3.63) is 47.0 Å². The quantitative estimate of drug-likeness (QED) is 0.567. The van der Waals surface area contributed by atoms with Crippen molar-refractivity contribution in [2.45, 2.75) is 20.3 Å². The number of carbonyl (C=O) groups is 1. The number of aryl methyl sites for hydroxylation is 1. The summed E-state index contributed by atoms with van der Waals surface area (Å²) in [5.74, 6) is 0.762. The molecule has 3 aromatic heterocycles. The Bertz CT molecular complexity index is 940. The Kier molecular flexibility index (Phi) is 4.44. The smallest absolute Gasteiger partial charge is 0.180 e. The molecule has 3 aromatic rings. The average Bonchev–Trinajstić information content (AvgIpc) is 2.59. The van der Waals surface area contributed by atoms with E-state index in [1.165, 1.54) is 0 Å². The van der Waals surface area contributed by atoms with E-state index >= 15 is 0 Å². The lowest BCUT2D eigenvalue weighted by Gasteiger charge is -2.13. The molecule has 0 atom stereocenters. The van der Waals surface area contributed by atoms with Crippen molar-refractivity contribution in [2.24, 2.45) is 0 Å². The van der Waals surface area contributed by atoms with Gasteiger partial charge in [-0.3, -0.25) is 9.78 Å². The molecule has 0 bridgehead atoms. The molecular formula is C18H17ClN4O. The van der Waals surface area contributed by atoms with E-state index in [0.717, 1.165) is 33.4 Å². The first-order chi connectivity index (χ1) is 11.5. The highest BCUT2D eigenvalue weighted by molar-refractivity contribution is 6.30. The second-order valence-corrected chi connectivity index (χ2v) is 5.88. The van der Waals surface area contributed by atoms with Gasteiger partial charge in [0.15, 0.2) is 5.78 Å². The predicted molar refractivity (Wildman–Crippen MR) is 96.7 cm³/mol. The number of fused-ring (bicyclic) bond motifs is 1. The minimum Gasteiger partial charge on any atom is -0.373 e. The van der Waals surface area contributed by atoms with Crippen LogP contribution < -0.4 is 5.32 Å². The summed E-state index contributed by atoms with van der Waals surface area (Å²) in [5, 5.41) is 4.41. The van der Waals surface area contributed by atoms with Crippen LogP contribution >= 0.6 is 11.6 Å². The average molecular weight is 341 g/mol. The normalized spacial score (nSPS) is 10.8. The first-order valence-corrected chi connectivity index (χ1v) is 8.05.